The average Bonchev–Trinajstić information content (AvgIpc) is 2.84. The van der Waals surface area contributed by atoms with E-state index in [0.717, 1.165) is 13.1 Å². The minimum atomic E-state index is 0.178. The first-order chi connectivity index (χ1) is 16.1. The summed E-state index contributed by atoms with van der Waals surface area (Å²) in [5, 5.41) is 0. The van der Waals surface area contributed by atoms with Gasteiger partial charge in [-0.2, -0.15) is 19.2 Å². The van der Waals surface area contributed by atoms with Crippen LogP contribution in [0.4, 0.5) is 5.69 Å². The van der Waals surface area contributed by atoms with Crippen molar-refractivity contribution in [1.29, 1.82) is 0 Å². The molecule has 1 atom stereocenters. The van der Waals surface area contributed by atoms with Crippen LogP contribution in [0.1, 0.15) is 31.1 Å². The lowest BCUT2D eigenvalue weighted by Crippen LogP contribution is -2.45. The summed E-state index contributed by atoms with van der Waals surface area (Å²) in [5.41, 5.74) is 6.67. The van der Waals surface area contributed by atoms with Crippen molar-refractivity contribution in [2.75, 3.05) is 11.4 Å². The largest absolute Gasteiger partial charge is 0.373 e. The van der Waals surface area contributed by atoms with Crippen molar-refractivity contribution < 1.29 is 19.2 Å². The third-order valence-electron chi connectivity index (χ3n) is 5.37. The monoisotopic (exact) mass is 442 g/mol. The normalized spacial score (nSPS) is 15.2. The van der Waals surface area contributed by atoms with Crippen molar-refractivity contribution in [3.05, 3.63) is 113 Å². The van der Waals surface area contributed by atoms with Gasteiger partial charge in [-0.25, -0.2) is 0 Å². The number of anilines is 1. The van der Waals surface area contributed by atoms with E-state index in [1.807, 2.05) is 0 Å². The van der Waals surface area contributed by atoms with E-state index in [0.29, 0.717) is 0 Å². The number of hydrogen-bond donors (Lipinski definition) is 0. The van der Waals surface area contributed by atoms with Crippen molar-refractivity contribution in [2.45, 2.75) is 26.6 Å². The SMILES string of the molecule is CC1=C(C)N(c2ccccc2)C(c2ccccc2)N(Cc2ccccc2)C1.O=C=O.O=C=O. The second kappa shape index (κ2) is 13.4. The standard InChI is InChI=1S/C25H26N2.2CO2/c1-20-18-26(19-22-12-6-3-7-13-22)25(23-14-8-4-9-15-23)27(21(20)2)24-16-10-5-11-17-24;2*2-1-3/h3-17,25H,18-19H2,1-2H3;;. The van der Waals surface area contributed by atoms with E-state index in [1.54, 1.807) is 0 Å². The van der Waals surface area contributed by atoms with Gasteiger partial charge >= 0.3 is 12.3 Å². The molecule has 0 aliphatic carbocycles. The zero-order valence-corrected chi connectivity index (χ0v) is 18.7. The molecule has 0 spiro atoms. The number of nitrogens with zero attached hydrogens (tertiary/aromatic N) is 2. The molecule has 0 amide bonds. The molecule has 4 rings (SSSR count). The van der Waals surface area contributed by atoms with E-state index in [-0.39, 0.29) is 18.5 Å². The molecule has 1 aliphatic rings. The molecule has 3 aromatic rings. The van der Waals surface area contributed by atoms with E-state index in [2.05, 4.69) is 115 Å². The summed E-state index contributed by atoms with van der Waals surface area (Å²) in [6.07, 6.45) is 0.678. The van der Waals surface area contributed by atoms with E-state index in [1.165, 1.54) is 28.1 Å². The molecule has 1 heterocycles. The molecule has 0 N–H and O–H groups in total. The zero-order chi connectivity index (χ0) is 24.1. The van der Waals surface area contributed by atoms with Crippen LogP contribution in [0.15, 0.2) is 102 Å². The summed E-state index contributed by atoms with van der Waals surface area (Å²) >= 11 is 0. The van der Waals surface area contributed by atoms with Gasteiger partial charge in [-0.15, -0.1) is 0 Å². The Kier molecular flexibility index (Phi) is 10.2. The van der Waals surface area contributed by atoms with Gasteiger partial charge < -0.3 is 4.90 Å². The quantitative estimate of drug-likeness (QED) is 0.576. The van der Waals surface area contributed by atoms with Gasteiger partial charge in [-0.1, -0.05) is 78.9 Å². The number of carbonyl (C=O) groups excluding carboxylic acids is 4. The van der Waals surface area contributed by atoms with Crippen molar-refractivity contribution in [3.63, 3.8) is 0 Å². The molecule has 1 aliphatic heterocycles. The van der Waals surface area contributed by atoms with Crippen LogP contribution in [-0.4, -0.2) is 23.7 Å². The predicted octanol–water partition coefficient (Wildman–Crippen LogP) is 4.83. The number of allylic oxidation sites excluding steroid dienone is 1. The highest BCUT2D eigenvalue weighted by atomic mass is 16.2. The molecule has 6 heteroatoms. The van der Waals surface area contributed by atoms with E-state index >= 15 is 0 Å². The molecule has 0 aromatic heterocycles. The third-order valence-corrected chi connectivity index (χ3v) is 5.37. The van der Waals surface area contributed by atoms with E-state index < -0.39 is 0 Å². The maximum absolute atomic E-state index is 8.12. The minimum Gasteiger partial charge on any atom is -0.325 e. The Bertz CT molecular complexity index is 1070. The number of benzene rings is 3. The molecule has 3 aromatic carbocycles. The molecule has 0 radical (unpaired) electrons. The summed E-state index contributed by atoms with van der Waals surface area (Å²) in [6, 6.07) is 32.4. The first-order valence-electron chi connectivity index (χ1n) is 10.4. The van der Waals surface area contributed by atoms with Gasteiger partial charge in [0.15, 0.2) is 0 Å². The highest BCUT2D eigenvalue weighted by Crippen LogP contribution is 2.39. The van der Waals surface area contributed by atoms with Crippen LogP contribution < -0.4 is 4.90 Å². The lowest BCUT2D eigenvalue weighted by atomic mass is 10.0. The molecule has 0 fully saturated rings. The van der Waals surface area contributed by atoms with Crippen LogP contribution in [0.5, 0.6) is 0 Å². The zero-order valence-electron chi connectivity index (χ0n) is 18.7. The van der Waals surface area contributed by atoms with Gasteiger partial charge in [0.1, 0.15) is 6.17 Å². The van der Waals surface area contributed by atoms with E-state index in [4.69, 9.17) is 19.2 Å². The number of para-hydroxylation sites is 1. The maximum Gasteiger partial charge on any atom is 0.373 e. The Balaban J connectivity index is 0.000000582. The van der Waals surface area contributed by atoms with Gasteiger partial charge in [0.05, 0.1) is 0 Å². The van der Waals surface area contributed by atoms with Crippen molar-refractivity contribution >= 4 is 18.0 Å². The molecule has 0 saturated carbocycles. The highest BCUT2D eigenvalue weighted by Gasteiger charge is 2.33. The summed E-state index contributed by atoms with van der Waals surface area (Å²) in [6.45, 7) is 6.40. The second-order valence-corrected chi connectivity index (χ2v) is 7.41. The Morgan fingerprint density at radius 1 is 0.727 bits per heavy atom. The topological polar surface area (TPSA) is 74.8 Å². The molecule has 168 valence electrons. The summed E-state index contributed by atoms with van der Waals surface area (Å²) < 4.78 is 0. The maximum atomic E-state index is 8.12. The molecule has 0 bridgehead atoms. The highest BCUT2D eigenvalue weighted by molar-refractivity contribution is 5.56. The second-order valence-electron chi connectivity index (χ2n) is 7.41. The van der Waals surface area contributed by atoms with E-state index in [9.17, 15) is 0 Å². The Labute approximate surface area is 193 Å². The third kappa shape index (κ3) is 6.96. The lowest BCUT2D eigenvalue weighted by Gasteiger charge is -2.46. The minimum absolute atomic E-state index is 0.178. The van der Waals surface area contributed by atoms with Crippen LogP contribution >= 0.6 is 0 Å². The molecule has 1 unspecified atom stereocenters. The Morgan fingerprint density at radius 3 is 1.70 bits per heavy atom. The van der Waals surface area contributed by atoms with Crippen LogP contribution in [-0.2, 0) is 25.7 Å². The first-order valence-corrected chi connectivity index (χ1v) is 10.4. The van der Waals surface area contributed by atoms with Crippen LogP contribution in [0, 0.1) is 0 Å². The van der Waals surface area contributed by atoms with Crippen molar-refractivity contribution in [3.8, 4) is 0 Å². The van der Waals surface area contributed by atoms with Gasteiger partial charge in [0.2, 0.25) is 0 Å². The summed E-state index contributed by atoms with van der Waals surface area (Å²) in [4.78, 5) is 37.6. The van der Waals surface area contributed by atoms with Crippen LogP contribution in [0.3, 0.4) is 0 Å². The molecule has 33 heavy (non-hydrogen) atoms. The molecular formula is C27H26N2O4. The van der Waals surface area contributed by atoms with Crippen LogP contribution in [0.2, 0.25) is 0 Å². The van der Waals surface area contributed by atoms with Gasteiger partial charge in [0, 0.05) is 24.5 Å². The van der Waals surface area contributed by atoms with Crippen molar-refractivity contribution in [1.82, 2.24) is 4.90 Å². The number of hydrogen-bond acceptors (Lipinski definition) is 6. The van der Waals surface area contributed by atoms with Gasteiger partial charge in [-0.3, -0.25) is 4.90 Å². The fourth-order valence-corrected chi connectivity index (χ4v) is 3.93. The van der Waals surface area contributed by atoms with Gasteiger partial charge in [-0.05, 0) is 42.7 Å². The predicted molar refractivity (Wildman–Crippen MR) is 123 cm³/mol. The lowest BCUT2D eigenvalue weighted by molar-refractivity contribution is -0.193. The van der Waals surface area contributed by atoms with Crippen molar-refractivity contribution in [2.24, 2.45) is 0 Å². The Hall–Kier alpha value is -4.08. The molecule has 6 nitrogen and oxygen atoms in total. The van der Waals surface area contributed by atoms with Crippen LogP contribution in [0.25, 0.3) is 0 Å². The molecule has 0 saturated heterocycles. The fraction of sp³-hybridized carbons (Fsp3) is 0.185. The van der Waals surface area contributed by atoms with Gasteiger partial charge in [0.25, 0.3) is 0 Å². The molecular weight excluding hydrogens is 416 g/mol. The average molecular weight is 443 g/mol. The first kappa shape index (κ1) is 25.2. The Morgan fingerprint density at radius 2 is 1.18 bits per heavy atom. The smallest absolute Gasteiger partial charge is 0.325 e. The summed E-state index contributed by atoms with van der Waals surface area (Å²) in [7, 11) is 0. The summed E-state index contributed by atoms with van der Waals surface area (Å²) in [5.74, 6) is 0. The number of rotatable bonds is 4. The fourth-order valence-electron chi connectivity index (χ4n) is 3.93.